The van der Waals surface area contributed by atoms with Crippen LogP contribution in [0.4, 0.5) is 20.2 Å². The number of aryl methyl sites for hydroxylation is 2. The Morgan fingerprint density at radius 1 is 0.778 bits per heavy atom. The summed E-state index contributed by atoms with van der Waals surface area (Å²) in [5.41, 5.74) is 5.05. The predicted molar refractivity (Wildman–Crippen MR) is 104 cm³/mol. The average Bonchev–Trinajstić information content (AvgIpc) is 2.68. The van der Waals surface area contributed by atoms with E-state index in [1.54, 1.807) is 0 Å². The molecule has 0 saturated carbocycles. The van der Waals surface area contributed by atoms with Crippen molar-refractivity contribution in [2.75, 3.05) is 0 Å². The molecule has 0 N–H and O–H groups in total. The molecule has 0 amide bonds. The first kappa shape index (κ1) is 18.5. The lowest BCUT2D eigenvalue weighted by atomic mass is 10.0. The van der Waals surface area contributed by atoms with Crippen LogP contribution < -0.4 is 0 Å². The molecule has 0 fully saturated rings. The molecule has 3 aromatic rings. The maximum absolute atomic E-state index is 13.2. The lowest BCUT2D eigenvalue weighted by Gasteiger charge is -2.02. The zero-order valence-corrected chi connectivity index (χ0v) is 15.1. The van der Waals surface area contributed by atoms with Gasteiger partial charge in [-0.15, -0.1) is 0 Å². The molecule has 0 aliphatic carbocycles. The van der Waals surface area contributed by atoms with Crippen LogP contribution in [-0.4, -0.2) is 0 Å². The maximum Gasteiger partial charge on any atom is 0.161 e. The number of benzene rings is 3. The summed E-state index contributed by atoms with van der Waals surface area (Å²) in [6, 6.07) is 17.1. The van der Waals surface area contributed by atoms with Crippen LogP contribution in [0.1, 0.15) is 29.2 Å². The van der Waals surface area contributed by atoms with E-state index in [0.29, 0.717) is 5.69 Å². The second-order valence-electron chi connectivity index (χ2n) is 6.11. The SMILES string of the molecule is CCc1cc(N=Nc2ccc(F)c(F)c2)ccc1C#Cc1ccc(C)cc1. The smallest absolute Gasteiger partial charge is 0.161 e. The van der Waals surface area contributed by atoms with Gasteiger partial charge in [0, 0.05) is 17.2 Å². The number of rotatable bonds is 3. The minimum Gasteiger partial charge on any atom is -0.204 e. The van der Waals surface area contributed by atoms with E-state index in [0.717, 1.165) is 35.2 Å². The van der Waals surface area contributed by atoms with Crippen molar-refractivity contribution in [3.8, 4) is 11.8 Å². The van der Waals surface area contributed by atoms with E-state index in [9.17, 15) is 8.78 Å². The molecule has 0 aromatic heterocycles. The fourth-order valence-corrected chi connectivity index (χ4v) is 2.50. The van der Waals surface area contributed by atoms with Crippen molar-refractivity contribution in [2.45, 2.75) is 20.3 Å². The summed E-state index contributed by atoms with van der Waals surface area (Å²) in [5, 5.41) is 8.08. The minimum absolute atomic E-state index is 0.259. The van der Waals surface area contributed by atoms with Gasteiger partial charge in [0.1, 0.15) is 0 Å². The molecule has 0 atom stereocenters. The van der Waals surface area contributed by atoms with Crippen LogP contribution in [0.3, 0.4) is 0 Å². The molecule has 0 radical (unpaired) electrons. The van der Waals surface area contributed by atoms with Gasteiger partial charge in [-0.2, -0.15) is 10.2 Å². The minimum atomic E-state index is -0.942. The lowest BCUT2D eigenvalue weighted by molar-refractivity contribution is 0.509. The van der Waals surface area contributed by atoms with Gasteiger partial charge in [0.05, 0.1) is 11.4 Å². The Labute approximate surface area is 157 Å². The van der Waals surface area contributed by atoms with E-state index in [-0.39, 0.29) is 5.69 Å². The van der Waals surface area contributed by atoms with Gasteiger partial charge in [-0.3, -0.25) is 0 Å². The van der Waals surface area contributed by atoms with E-state index in [2.05, 4.69) is 22.1 Å². The molecular weight excluding hydrogens is 342 g/mol. The van der Waals surface area contributed by atoms with Gasteiger partial charge in [-0.05, 0) is 61.4 Å². The Kier molecular flexibility index (Phi) is 5.73. The highest BCUT2D eigenvalue weighted by atomic mass is 19.2. The van der Waals surface area contributed by atoms with Crippen LogP contribution in [0.5, 0.6) is 0 Å². The third-order valence-electron chi connectivity index (χ3n) is 4.05. The Bertz CT molecular complexity index is 1040. The molecule has 0 heterocycles. The zero-order chi connectivity index (χ0) is 19.2. The van der Waals surface area contributed by atoms with Gasteiger partial charge < -0.3 is 0 Å². The van der Waals surface area contributed by atoms with Crippen molar-refractivity contribution in [1.82, 2.24) is 0 Å². The molecule has 0 saturated heterocycles. The summed E-state index contributed by atoms with van der Waals surface area (Å²) in [5.74, 6) is 4.53. The van der Waals surface area contributed by atoms with Gasteiger partial charge >= 0.3 is 0 Å². The first-order valence-corrected chi connectivity index (χ1v) is 8.63. The summed E-state index contributed by atoms with van der Waals surface area (Å²) in [6.45, 7) is 4.09. The monoisotopic (exact) mass is 360 g/mol. The summed E-state index contributed by atoms with van der Waals surface area (Å²) in [7, 11) is 0. The number of hydrogen-bond acceptors (Lipinski definition) is 2. The zero-order valence-electron chi connectivity index (χ0n) is 15.1. The molecule has 3 aromatic carbocycles. The molecule has 4 heteroatoms. The largest absolute Gasteiger partial charge is 0.204 e. The second-order valence-corrected chi connectivity index (χ2v) is 6.11. The van der Waals surface area contributed by atoms with E-state index in [1.807, 2.05) is 56.3 Å². The molecule has 0 spiro atoms. The molecule has 0 unspecified atom stereocenters. The van der Waals surface area contributed by atoms with Crippen LogP contribution in [0.2, 0.25) is 0 Å². The predicted octanol–water partition coefficient (Wildman–Crippen LogP) is 6.65. The quantitative estimate of drug-likeness (QED) is 0.369. The van der Waals surface area contributed by atoms with E-state index in [4.69, 9.17) is 0 Å². The highest BCUT2D eigenvalue weighted by Gasteiger charge is 2.03. The second kappa shape index (κ2) is 8.37. The number of hydrogen-bond donors (Lipinski definition) is 0. The van der Waals surface area contributed by atoms with Crippen molar-refractivity contribution in [3.05, 3.63) is 94.6 Å². The molecule has 0 bridgehead atoms. The third-order valence-corrected chi connectivity index (χ3v) is 4.05. The maximum atomic E-state index is 13.2. The van der Waals surface area contributed by atoms with Gasteiger partial charge in [0.15, 0.2) is 11.6 Å². The Morgan fingerprint density at radius 2 is 1.44 bits per heavy atom. The standard InChI is InChI=1S/C23H18F2N2/c1-3-18-14-20(26-27-21-12-13-22(24)23(25)15-21)11-10-19(18)9-8-17-6-4-16(2)5-7-17/h4-7,10-15H,3H2,1-2H3. The molecular formula is C23H18F2N2. The van der Waals surface area contributed by atoms with Gasteiger partial charge in [-0.25, -0.2) is 8.78 Å². The summed E-state index contributed by atoms with van der Waals surface area (Å²) < 4.78 is 26.2. The molecule has 2 nitrogen and oxygen atoms in total. The third kappa shape index (κ3) is 4.86. The Balaban J connectivity index is 1.82. The number of azo groups is 1. The summed E-state index contributed by atoms with van der Waals surface area (Å²) in [6.07, 6.45) is 0.798. The van der Waals surface area contributed by atoms with Crippen LogP contribution >= 0.6 is 0 Å². The fourth-order valence-electron chi connectivity index (χ4n) is 2.50. The molecule has 27 heavy (non-hydrogen) atoms. The summed E-state index contributed by atoms with van der Waals surface area (Å²) >= 11 is 0. The van der Waals surface area contributed by atoms with Crippen molar-refractivity contribution >= 4 is 11.4 Å². The summed E-state index contributed by atoms with van der Waals surface area (Å²) in [4.78, 5) is 0. The molecule has 134 valence electrons. The number of halogens is 2. The van der Waals surface area contributed by atoms with Crippen LogP contribution in [0.25, 0.3) is 0 Å². The van der Waals surface area contributed by atoms with Crippen LogP contribution in [0.15, 0.2) is 70.9 Å². The van der Waals surface area contributed by atoms with E-state index in [1.165, 1.54) is 11.6 Å². The lowest BCUT2D eigenvalue weighted by Crippen LogP contribution is -1.87. The highest BCUT2D eigenvalue weighted by molar-refractivity contribution is 5.52. The average molecular weight is 360 g/mol. The van der Waals surface area contributed by atoms with E-state index >= 15 is 0 Å². The van der Waals surface area contributed by atoms with Crippen molar-refractivity contribution in [1.29, 1.82) is 0 Å². The fraction of sp³-hybridized carbons (Fsp3) is 0.130. The number of nitrogens with zero attached hydrogens (tertiary/aromatic N) is 2. The van der Waals surface area contributed by atoms with Crippen molar-refractivity contribution in [2.24, 2.45) is 10.2 Å². The van der Waals surface area contributed by atoms with Gasteiger partial charge in [0.25, 0.3) is 0 Å². The van der Waals surface area contributed by atoms with Crippen LogP contribution in [0, 0.1) is 30.4 Å². The molecule has 0 aliphatic heterocycles. The van der Waals surface area contributed by atoms with Crippen molar-refractivity contribution in [3.63, 3.8) is 0 Å². The Morgan fingerprint density at radius 3 is 2.11 bits per heavy atom. The van der Waals surface area contributed by atoms with Gasteiger partial charge in [0.2, 0.25) is 0 Å². The van der Waals surface area contributed by atoms with Crippen molar-refractivity contribution < 1.29 is 8.78 Å². The normalized spacial score (nSPS) is 10.7. The molecule has 3 rings (SSSR count). The van der Waals surface area contributed by atoms with Crippen LogP contribution in [-0.2, 0) is 6.42 Å². The van der Waals surface area contributed by atoms with E-state index < -0.39 is 11.6 Å². The topological polar surface area (TPSA) is 24.7 Å². The Hall–Kier alpha value is -3.32. The highest BCUT2D eigenvalue weighted by Crippen LogP contribution is 2.23. The first-order valence-electron chi connectivity index (χ1n) is 8.63. The van der Waals surface area contributed by atoms with Gasteiger partial charge in [-0.1, -0.05) is 36.5 Å². The first-order chi connectivity index (χ1) is 13.0. The molecule has 0 aliphatic rings.